The van der Waals surface area contributed by atoms with Gasteiger partial charge in [0.2, 0.25) is 5.91 Å². The number of hydrogen-bond donors (Lipinski definition) is 1. The molecule has 0 aliphatic rings. The van der Waals surface area contributed by atoms with Crippen LogP contribution in [0.15, 0.2) is 17.0 Å². The lowest BCUT2D eigenvalue weighted by molar-refractivity contribution is -0.114. The predicted molar refractivity (Wildman–Crippen MR) is 56.3 cm³/mol. The van der Waals surface area contributed by atoms with Crippen molar-refractivity contribution in [3.05, 3.63) is 17.8 Å². The van der Waals surface area contributed by atoms with Crippen LogP contribution in [0.25, 0.3) is 0 Å². The van der Waals surface area contributed by atoms with Gasteiger partial charge in [-0.1, -0.05) is 0 Å². The zero-order valence-electron chi connectivity index (χ0n) is 8.11. The minimum Gasteiger partial charge on any atom is -0.311 e. The van der Waals surface area contributed by atoms with Gasteiger partial charge in [0, 0.05) is 29.4 Å². The fourth-order valence-corrected chi connectivity index (χ4v) is 1.85. The molecule has 0 aromatic carbocycles. The maximum absolute atomic E-state index is 11.0. The molecule has 0 aliphatic heterocycles. The van der Waals surface area contributed by atoms with Crippen LogP contribution in [0.1, 0.15) is 12.6 Å². The van der Waals surface area contributed by atoms with E-state index in [4.69, 9.17) is 10.7 Å². The molecular weight excluding hydrogens is 240 g/mol. The highest BCUT2D eigenvalue weighted by Gasteiger charge is 2.12. The van der Waals surface area contributed by atoms with E-state index in [1.54, 1.807) is 6.92 Å². The SMILES string of the molecule is CC(=O)Nc1cc(S(=O)(=O)Cl)cc(C)n1. The molecule has 1 aromatic rings. The average Bonchev–Trinajstić information content (AvgIpc) is 1.99. The molecule has 0 saturated heterocycles. The molecule has 0 spiro atoms. The number of anilines is 1. The minimum atomic E-state index is -3.80. The number of pyridine rings is 1. The third-order valence-electron chi connectivity index (χ3n) is 1.51. The Balaban J connectivity index is 3.23. The molecule has 0 radical (unpaired) electrons. The van der Waals surface area contributed by atoms with E-state index < -0.39 is 9.05 Å². The van der Waals surface area contributed by atoms with Gasteiger partial charge in [0.1, 0.15) is 5.82 Å². The van der Waals surface area contributed by atoms with Gasteiger partial charge < -0.3 is 5.32 Å². The molecule has 1 N–H and O–H groups in total. The lowest BCUT2D eigenvalue weighted by atomic mass is 10.3. The fraction of sp³-hybridized carbons (Fsp3) is 0.250. The third-order valence-corrected chi connectivity index (χ3v) is 2.85. The Morgan fingerprint density at radius 1 is 1.47 bits per heavy atom. The van der Waals surface area contributed by atoms with Crippen LogP contribution >= 0.6 is 10.7 Å². The van der Waals surface area contributed by atoms with E-state index in [1.807, 2.05) is 0 Å². The van der Waals surface area contributed by atoms with Crippen molar-refractivity contribution in [2.24, 2.45) is 0 Å². The zero-order chi connectivity index (χ0) is 11.6. The monoisotopic (exact) mass is 248 g/mol. The molecule has 5 nitrogen and oxygen atoms in total. The number of amides is 1. The molecule has 0 saturated carbocycles. The summed E-state index contributed by atoms with van der Waals surface area (Å²) in [4.78, 5) is 14.6. The Kier molecular flexibility index (Phi) is 3.31. The highest BCUT2D eigenvalue weighted by atomic mass is 35.7. The van der Waals surface area contributed by atoms with Crippen molar-refractivity contribution in [1.29, 1.82) is 0 Å². The molecule has 1 amide bonds. The number of carbonyl (C=O) groups is 1. The maximum atomic E-state index is 11.0. The van der Waals surface area contributed by atoms with E-state index in [2.05, 4.69) is 10.3 Å². The van der Waals surface area contributed by atoms with Gasteiger partial charge in [0.15, 0.2) is 0 Å². The summed E-state index contributed by atoms with van der Waals surface area (Å²) >= 11 is 0. The number of rotatable bonds is 2. The van der Waals surface area contributed by atoms with Crippen LogP contribution in [0.5, 0.6) is 0 Å². The van der Waals surface area contributed by atoms with Gasteiger partial charge in [-0.05, 0) is 13.0 Å². The Morgan fingerprint density at radius 3 is 2.53 bits per heavy atom. The number of hydrogen-bond acceptors (Lipinski definition) is 4. The summed E-state index contributed by atoms with van der Waals surface area (Å²) in [6.45, 7) is 2.91. The van der Waals surface area contributed by atoms with Crippen LogP contribution in [0.4, 0.5) is 5.82 Å². The molecule has 15 heavy (non-hydrogen) atoms. The van der Waals surface area contributed by atoms with Crippen molar-refractivity contribution in [2.45, 2.75) is 18.7 Å². The largest absolute Gasteiger partial charge is 0.311 e. The summed E-state index contributed by atoms with van der Waals surface area (Å²) < 4.78 is 22.1. The molecule has 0 atom stereocenters. The molecule has 0 bridgehead atoms. The maximum Gasteiger partial charge on any atom is 0.261 e. The molecule has 0 unspecified atom stereocenters. The third kappa shape index (κ3) is 3.49. The van der Waals surface area contributed by atoms with Gasteiger partial charge >= 0.3 is 0 Å². The topological polar surface area (TPSA) is 76.1 Å². The summed E-state index contributed by atoms with van der Waals surface area (Å²) in [5.41, 5.74) is 0.459. The normalized spacial score (nSPS) is 11.1. The van der Waals surface area contributed by atoms with Crippen molar-refractivity contribution in [1.82, 2.24) is 4.98 Å². The summed E-state index contributed by atoms with van der Waals surface area (Å²) in [5.74, 6) is -0.159. The smallest absolute Gasteiger partial charge is 0.261 e. The van der Waals surface area contributed by atoms with Crippen LogP contribution in [0.2, 0.25) is 0 Å². The highest BCUT2D eigenvalue weighted by molar-refractivity contribution is 8.13. The molecule has 1 aromatic heterocycles. The van der Waals surface area contributed by atoms with E-state index in [0.29, 0.717) is 5.69 Å². The van der Waals surface area contributed by atoms with Crippen LogP contribution in [0.3, 0.4) is 0 Å². The predicted octanol–water partition coefficient (Wildman–Crippen LogP) is 1.28. The van der Waals surface area contributed by atoms with Crippen LogP contribution in [-0.2, 0) is 13.8 Å². The van der Waals surface area contributed by atoms with E-state index in [-0.39, 0.29) is 16.6 Å². The van der Waals surface area contributed by atoms with E-state index >= 15 is 0 Å². The Labute approximate surface area is 91.9 Å². The van der Waals surface area contributed by atoms with Crippen LogP contribution < -0.4 is 5.32 Å². The first-order valence-corrected chi connectivity index (χ1v) is 6.31. The number of aromatic nitrogens is 1. The average molecular weight is 249 g/mol. The first kappa shape index (κ1) is 11.9. The van der Waals surface area contributed by atoms with Gasteiger partial charge in [-0.2, -0.15) is 0 Å². The second-order valence-corrected chi connectivity index (χ2v) is 5.51. The van der Waals surface area contributed by atoms with Crippen molar-refractivity contribution >= 4 is 31.5 Å². The van der Waals surface area contributed by atoms with Crippen molar-refractivity contribution < 1.29 is 13.2 Å². The van der Waals surface area contributed by atoms with Crippen molar-refractivity contribution in [3.8, 4) is 0 Å². The van der Waals surface area contributed by atoms with Gasteiger partial charge in [0.25, 0.3) is 9.05 Å². The van der Waals surface area contributed by atoms with Crippen molar-refractivity contribution in [3.63, 3.8) is 0 Å². The second kappa shape index (κ2) is 4.16. The molecule has 1 rings (SSSR count). The first-order valence-electron chi connectivity index (χ1n) is 4.00. The molecule has 0 aliphatic carbocycles. The summed E-state index contributed by atoms with van der Waals surface area (Å²) in [5, 5.41) is 2.38. The van der Waals surface area contributed by atoms with Crippen LogP contribution in [0, 0.1) is 6.92 Å². The van der Waals surface area contributed by atoms with Crippen LogP contribution in [-0.4, -0.2) is 19.3 Å². The van der Waals surface area contributed by atoms with E-state index in [1.165, 1.54) is 19.1 Å². The van der Waals surface area contributed by atoms with Gasteiger partial charge in [-0.15, -0.1) is 0 Å². The zero-order valence-corrected chi connectivity index (χ0v) is 9.69. The molecule has 0 fully saturated rings. The Hall–Kier alpha value is -1.14. The molecule has 82 valence electrons. The lowest BCUT2D eigenvalue weighted by Gasteiger charge is -2.04. The standard InChI is InChI=1S/C8H9ClN2O3S/c1-5-3-7(15(9,13)14)4-8(10-5)11-6(2)12/h3-4H,1-2H3,(H,10,11,12). The Bertz CT molecular complexity index is 499. The molecular formula is C8H9ClN2O3S. The number of carbonyl (C=O) groups excluding carboxylic acids is 1. The molecule has 1 heterocycles. The second-order valence-electron chi connectivity index (χ2n) is 2.95. The number of halogens is 1. The van der Waals surface area contributed by atoms with Gasteiger partial charge in [0.05, 0.1) is 4.90 Å². The van der Waals surface area contributed by atoms with E-state index in [9.17, 15) is 13.2 Å². The highest BCUT2D eigenvalue weighted by Crippen LogP contribution is 2.18. The lowest BCUT2D eigenvalue weighted by Crippen LogP contribution is -2.08. The first-order chi connectivity index (χ1) is 6.79. The fourth-order valence-electron chi connectivity index (χ4n) is 1.02. The number of nitrogens with zero attached hydrogens (tertiary/aromatic N) is 1. The number of aryl methyl sites for hydroxylation is 1. The minimum absolute atomic E-state index is 0.0829. The number of nitrogens with one attached hydrogen (secondary N) is 1. The van der Waals surface area contributed by atoms with E-state index in [0.717, 1.165) is 0 Å². The summed E-state index contributed by atoms with van der Waals surface area (Å²) in [6, 6.07) is 2.53. The quantitative estimate of drug-likeness (QED) is 0.800. The molecule has 7 heteroatoms. The Morgan fingerprint density at radius 2 is 2.07 bits per heavy atom. The summed E-state index contributed by atoms with van der Waals surface area (Å²) in [7, 11) is 1.37. The van der Waals surface area contributed by atoms with Gasteiger partial charge in [-0.25, -0.2) is 13.4 Å². The summed E-state index contributed by atoms with van der Waals surface area (Å²) in [6.07, 6.45) is 0. The van der Waals surface area contributed by atoms with Gasteiger partial charge in [-0.3, -0.25) is 4.79 Å². The van der Waals surface area contributed by atoms with Crippen molar-refractivity contribution in [2.75, 3.05) is 5.32 Å².